The minimum Gasteiger partial charge on any atom is -0.371 e. The summed E-state index contributed by atoms with van der Waals surface area (Å²) in [5.74, 6) is 0.408. The lowest BCUT2D eigenvalue weighted by atomic mass is 9.91. The Kier molecular flexibility index (Phi) is 3.85. The van der Waals surface area contributed by atoms with E-state index < -0.39 is 9.84 Å². The van der Waals surface area contributed by atoms with Crippen LogP contribution in [0, 0.1) is 0 Å². The fourth-order valence-corrected chi connectivity index (χ4v) is 5.40. The lowest BCUT2D eigenvalue weighted by Crippen LogP contribution is -2.30. The van der Waals surface area contributed by atoms with Crippen LogP contribution in [-0.4, -0.2) is 34.6 Å². The van der Waals surface area contributed by atoms with Crippen LogP contribution < -0.4 is 10.2 Å². The molecule has 1 fully saturated rings. The van der Waals surface area contributed by atoms with Crippen molar-refractivity contribution in [2.24, 2.45) is 0 Å². The molecule has 2 aromatic carbocycles. The predicted molar refractivity (Wildman–Crippen MR) is 95.4 cm³/mol. The molecule has 0 aliphatic carbocycles. The van der Waals surface area contributed by atoms with E-state index in [1.165, 1.54) is 11.3 Å². The third kappa shape index (κ3) is 2.43. The van der Waals surface area contributed by atoms with Crippen molar-refractivity contribution in [3.63, 3.8) is 0 Å². The number of nitrogens with one attached hydrogen (secondary N) is 1. The fraction of sp³-hybridized carbons (Fsp3) is 0.368. The standard InChI is InChI=1S/C19H22N2O2S/c1-21-18-8-7-15(24(22,23)14-5-3-2-4-6-14)13-17(18)16-9-11-20-12-10-19(16)21/h2-8,13,16,19-20H,9-12H2,1H3/t16-,19+/m1/s1. The number of rotatable bonds is 2. The number of hydrogen-bond acceptors (Lipinski definition) is 4. The van der Waals surface area contributed by atoms with Gasteiger partial charge in [0.05, 0.1) is 9.79 Å². The van der Waals surface area contributed by atoms with E-state index in [1.54, 1.807) is 30.3 Å². The van der Waals surface area contributed by atoms with Gasteiger partial charge in [-0.1, -0.05) is 18.2 Å². The van der Waals surface area contributed by atoms with Crippen LogP contribution in [-0.2, 0) is 9.84 Å². The average Bonchev–Trinajstić information content (AvgIpc) is 2.78. The molecule has 2 aliphatic heterocycles. The first-order chi connectivity index (χ1) is 11.6. The summed E-state index contributed by atoms with van der Waals surface area (Å²) in [5.41, 5.74) is 2.36. The van der Waals surface area contributed by atoms with E-state index in [1.807, 2.05) is 18.2 Å². The molecule has 0 bridgehead atoms. The van der Waals surface area contributed by atoms with Crippen LogP contribution in [0.1, 0.15) is 24.3 Å². The minimum absolute atomic E-state index is 0.357. The predicted octanol–water partition coefficient (Wildman–Crippen LogP) is 2.80. The Morgan fingerprint density at radius 3 is 2.54 bits per heavy atom. The van der Waals surface area contributed by atoms with Gasteiger partial charge in [-0.25, -0.2) is 8.42 Å². The molecule has 4 rings (SSSR count). The number of anilines is 1. The molecule has 2 aliphatic rings. The third-order valence-electron chi connectivity index (χ3n) is 5.35. The first kappa shape index (κ1) is 15.7. The summed E-state index contributed by atoms with van der Waals surface area (Å²) in [6.45, 7) is 2.01. The fourth-order valence-electron chi connectivity index (χ4n) is 4.08. The molecule has 0 unspecified atom stereocenters. The van der Waals surface area contributed by atoms with Gasteiger partial charge >= 0.3 is 0 Å². The summed E-state index contributed by atoms with van der Waals surface area (Å²) >= 11 is 0. The zero-order chi connectivity index (χ0) is 16.7. The summed E-state index contributed by atoms with van der Waals surface area (Å²) < 4.78 is 25.8. The van der Waals surface area contributed by atoms with Gasteiger partial charge in [-0.2, -0.15) is 0 Å². The van der Waals surface area contributed by atoms with E-state index in [9.17, 15) is 8.42 Å². The van der Waals surface area contributed by atoms with Gasteiger partial charge in [-0.15, -0.1) is 0 Å². The number of nitrogens with zero attached hydrogens (tertiary/aromatic N) is 1. The van der Waals surface area contributed by atoms with Gasteiger partial charge in [0.1, 0.15) is 0 Å². The van der Waals surface area contributed by atoms with Gasteiger partial charge in [0, 0.05) is 24.7 Å². The van der Waals surface area contributed by atoms with Crippen LogP contribution >= 0.6 is 0 Å². The third-order valence-corrected chi connectivity index (χ3v) is 7.12. The van der Waals surface area contributed by atoms with Crippen LogP contribution in [0.2, 0.25) is 0 Å². The maximum absolute atomic E-state index is 12.9. The van der Waals surface area contributed by atoms with E-state index in [-0.39, 0.29) is 0 Å². The van der Waals surface area contributed by atoms with Crippen molar-refractivity contribution in [2.75, 3.05) is 25.0 Å². The van der Waals surface area contributed by atoms with Gasteiger partial charge in [-0.3, -0.25) is 0 Å². The molecule has 2 aromatic rings. The highest BCUT2D eigenvalue weighted by molar-refractivity contribution is 7.91. The van der Waals surface area contributed by atoms with Crippen molar-refractivity contribution in [1.29, 1.82) is 0 Å². The molecule has 0 amide bonds. The maximum atomic E-state index is 12.9. The molecule has 0 saturated carbocycles. The molecule has 5 heteroatoms. The quantitative estimate of drug-likeness (QED) is 0.912. The topological polar surface area (TPSA) is 49.4 Å². The van der Waals surface area contributed by atoms with Crippen molar-refractivity contribution < 1.29 is 8.42 Å². The number of fused-ring (bicyclic) bond motifs is 3. The largest absolute Gasteiger partial charge is 0.371 e. The Morgan fingerprint density at radius 2 is 1.75 bits per heavy atom. The lowest BCUT2D eigenvalue weighted by molar-refractivity contribution is 0.531. The summed E-state index contributed by atoms with van der Waals surface area (Å²) in [5, 5.41) is 3.45. The van der Waals surface area contributed by atoms with Crippen LogP contribution in [0.15, 0.2) is 58.3 Å². The molecular formula is C19H22N2O2S. The summed E-state index contributed by atoms with van der Waals surface area (Å²) in [6, 6.07) is 14.8. The Morgan fingerprint density at radius 1 is 1.00 bits per heavy atom. The Balaban J connectivity index is 1.78. The first-order valence-corrected chi connectivity index (χ1v) is 9.95. The van der Waals surface area contributed by atoms with Crippen LogP contribution in [0.3, 0.4) is 0 Å². The number of hydrogen-bond donors (Lipinski definition) is 1. The van der Waals surface area contributed by atoms with Crippen molar-refractivity contribution in [3.05, 3.63) is 54.1 Å². The molecule has 2 heterocycles. The highest BCUT2D eigenvalue weighted by Gasteiger charge is 2.37. The molecule has 0 aromatic heterocycles. The maximum Gasteiger partial charge on any atom is 0.206 e. The van der Waals surface area contributed by atoms with Crippen molar-refractivity contribution in [2.45, 2.75) is 34.6 Å². The molecule has 2 atom stereocenters. The second kappa shape index (κ2) is 5.90. The SMILES string of the molecule is CN1c2ccc(S(=O)(=O)c3ccccc3)cc2[C@H]2CCNCC[C@@H]21. The smallest absolute Gasteiger partial charge is 0.206 e. The number of likely N-dealkylation sites (N-methyl/N-ethyl adjacent to an activating group) is 1. The van der Waals surface area contributed by atoms with E-state index in [2.05, 4.69) is 17.3 Å². The number of sulfone groups is 1. The minimum atomic E-state index is -3.46. The van der Waals surface area contributed by atoms with Crippen LogP contribution in [0.5, 0.6) is 0 Å². The zero-order valence-electron chi connectivity index (χ0n) is 13.8. The monoisotopic (exact) mass is 342 g/mol. The summed E-state index contributed by atoms with van der Waals surface area (Å²) in [4.78, 5) is 3.08. The van der Waals surface area contributed by atoms with Gasteiger partial charge in [0.2, 0.25) is 9.84 Å². The summed E-state index contributed by atoms with van der Waals surface area (Å²) in [7, 11) is -1.33. The van der Waals surface area contributed by atoms with Gasteiger partial charge in [0.15, 0.2) is 0 Å². The second-order valence-electron chi connectivity index (χ2n) is 6.65. The van der Waals surface area contributed by atoms with Gasteiger partial charge in [-0.05, 0) is 61.8 Å². The normalized spacial score (nSPS) is 23.5. The molecule has 1 N–H and O–H groups in total. The molecular weight excluding hydrogens is 320 g/mol. The van der Waals surface area contributed by atoms with Crippen molar-refractivity contribution in [3.8, 4) is 0 Å². The molecule has 1 saturated heterocycles. The Bertz CT molecular complexity index is 849. The first-order valence-electron chi connectivity index (χ1n) is 8.46. The van der Waals surface area contributed by atoms with Crippen molar-refractivity contribution >= 4 is 15.5 Å². The highest BCUT2D eigenvalue weighted by Crippen LogP contribution is 2.44. The molecule has 0 spiro atoms. The Labute approximate surface area is 143 Å². The van der Waals surface area contributed by atoms with Crippen molar-refractivity contribution in [1.82, 2.24) is 5.32 Å². The van der Waals surface area contributed by atoms with E-state index in [0.717, 1.165) is 25.9 Å². The number of benzene rings is 2. The molecule has 4 nitrogen and oxygen atoms in total. The zero-order valence-corrected chi connectivity index (χ0v) is 14.6. The molecule has 126 valence electrons. The highest BCUT2D eigenvalue weighted by atomic mass is 32.2. The molecule has 0 radical (unpaired) electrons. The lowest BCUT2D eigenvalue weighted by Gasteiger charge is -2.24. The Hall–Kier alpha value is -1.85. The van der Waals surface area contributed by atoms with Gasteiger partial charge < -0.3 is 10.2 Å². The van der Waals surface area contributed by atoms with Gasteiger partial charge in [0.25, 0.3) is 0 Å². The second-order valence-corrected chi connectivity index (χ2v) is 8.60. The van der Waals surface area contributed by atoms with Crippen LogP contribution in [0.4, 0.5) is 5.69 Å². The molecule has 24 heavy (non-hydrogen) atoms. The van der Waals surface area contributed by atoms with E-state index in [0.29, 0.717) is 21.8 Å². The average molecular weight is 342 g/mol. The van der Waals surface area contributed by atoms with E-state index >= 15 is 0 Å². The van der Waals surface area contributed by atoms with E-state index in [4.69, 9.17) is 0 Å². The summed E-state index contributed by atoms with van der Waals surface area (Å²) in [6.07, 6.45) is 2.15. The van der Waals surface area contributed by atoms with Crippen LogP contribution in [0.25, 0.3) is 0 Å².